The predicted octanol–water partition coefficient (Wildman–Crippen LogP) is 1.87. The van der Waals surface area contributed by atoms with Crippen LogP contribution in [0.1, 0.15) is 25.3 Å². The molecular weight excluding hydrogens is 236 g/mol. The van der Waals surface area contributed by atoms with Crippen molar-refractivity contribution < 1.29 is 4.79 Å². The fourth-order valence-corrected chi connectivity index (χ4v) is 2.78. The van der Waals surface area contributed by atoms with E-state index >= 15 is 0 Å². The normalized spacial score (nSPS) is 16.7. The predicted molar refractivity (Wildman–Crippen MR) is 78.3 cm³/mol. The second-order valence-electron chi connectivity index (χ2n) is 5.25. The second-order valence-corrected chi connectivity index (χ2v) is 5.25. The maximum atomic E-state index is 12.2. The fraction of sp³-hybridized carbons (Fsp3) is 0.562. The van der Waals surface area contributed by atoms with Crippen molar-refractivity contribution in [3.05, 3.63) is 35.9 Å². The summed E-state index contributed by atoms with van der Waals surface area (Å²) in [7, 11) is 0. The summed E-state index contributed by atoms with van der Waals surface area (Å²) in [4.78, 5) is 14.5. The molecule has 1 aromatic rings. The van der Waals surface area contributed by atoms with Gasteiger partial charge in [-0.2, -0.15) is 0 Å². The number of nitrogens with zero attached hydrogens (tertiary/aromatic N) is 1. The molecule has 1 heterocycles. The first-order valence-electron chi connectivity index (χ1n) is 7.30. The van der Waals surface area contributed by atoms with E-state index in [0.717, 1.165) is 38.0 Å². The quantitative estimate of drug-likeness (QED) is 0.847. The molecule has 3 heteroatoms. The number of carbonyl (C=O) groups excluding carboxylic acids is 1. The number of hydrogen-bond donors (Lipinski definition) is 1. The zero-order valence-corrected chi connectivity index (χ0v) is 11.8. The summed E-state index contributed by atoms with van der Waals surface area (Å²) < 4.78 is 0. The average Bonchev–Trinajstić information content (AvgIpc) is 2.47. The van der Waals surface area contributed by atoms with Gasteiger partial charge in [-0.3, -0.25) is 9.69 Å². The standard InChI is InChI=1S/C16H24N2O/c1-2-18(15-8-10-17-11-9-15)13-16(19)12-14-6-4-3-5-7-14/h3-7,15,17H,2,8-13H2,1H3. The number of benzene rings is 1. The molecule has 0 bridgehead atoms. The summed E-state index contributed by atoms with van der Waals surface area (Å²) in [6.45, 7) is 5.86. The highest BCUT2D eigenvalue weighted by atomic mass is 16.1. The summed E-state index contributed by atoms with van der Waals surface area (Å²) >= 11 is 0. The highest BCUT2D eigenvalue weighted by molar-refractivity contribution is 5.82. The summed E-state index contributed by atoms with van der Waals surface area (Å²) in [5.41, 5.74) is 1.12. The Morgan fingerprint density at radius 3 is 2.58 bits per heavy atom. The summed E-state index contributed by atoms with van der Waals surface area (Å²) in [6, 6.07) is 10.6. The van der Waals surface area contributed by atoms with Crippen molar-refractivity contribution in [3.8, 4) is 0 Å². The van der Waals surface area contributed by atoms with Crippen molar-refractivity contribution in [1.82, 2.24) is 10.2 Å². The molecule has 1 fully saturated rings. The molecule has 1 aromatic carbocycles. The van der Waals surface area contributed by atoms with E-state index in [0.29, 0.717) is 24.8 Å². The third-order valence-corrected chi connectivity index (χ3v) is 3.85. The van der Waals surface area contributed by atoms with Crippen LogP contribution >= 0.6 is 0 Å². The Kier molecular flexibility index (Phi) is 5.55. The number of hydrogen-bond acceptors (Lipinski definition) is 3. The molecular formula is C16H24N2O. The minimum absolute atomic E-state index is 0.326. The van der Waals surface area contributed by atoms with E-state index in [1.54, 1.807) is 0 Å². The molecule has 0 saturated carbocycles. The van der Waals surface area contributed by atoms with E-state index in [-0.39, 0.29) is 0 Å². The van der Waals surface area contributed by atoms with E-state index in [2.05, 4.69) is 17.1 Å². The van der Waals surface area contributed by atoms with Crippen LogP contribution in [0.4, 0.5) is 0 Å². The lowest BCUT2D eigenvalue weighted by Gasteiger charge is -2.33. The van der Waals surface area contributed by atoms with Crippen LogP contribution in [0, 0.1) is 0 Å². The summed E-state index contributed by atoms with van der Waals surface area (Å²) in [6.07, 6.45) is 2.88. The maximum Gasteiger partial charge on any atom is 0.151 e. The minimum atomic E-state index is 0.326. The molecule has 0 atom stereocenters. The van der Waals surface area contributed by atoms with E-state index in [1.165, 1.54) is 0 Å². The van der Waals surface area contributed by atoms with Crippen molar-refractivity contribution in [1.29, 1.82) is 0 Å². The Labute approximate surface area is 116 Å². The van der Waals surface area contributed by atoms with Crippen molar-refractivity contribution in [2.75, 3.05) is 26.2 Å². The van der Waals surface area contributed by atoms with E-state index in [4.69, 9.17) is 0 Å². The van der Waals surface area contributed by atoms with Crippen LogP contribution in [0.3, 0.4) is 0 Å². The third kappa shape index (κ3) is 4.44. The molecule has 0 aromatic heterocycles. The zero-order valence-electron chi connectivity index (χ0n) is 11.8. The number of Topliss-reactive ketones (excluding diaryl/α,β-unsaturated/α-hetero) is 1. The van der Waals surface area contributed by atoms with Crippen molar-refractivity contribution >= 4 is 5.78 Å². The first-order valence-corrected chi connectivity index (χ1v) is 7.30. The molecule has 0 amide bonds. The molecule has 1 N–H and O–H groups in total. The molecule has 0 spiro atoms. The first kappa shape index (κ1) is 14.2. The summed E-state index contributed by atoms with van der Waals surface area (Å²) in [5.74, 6) is 0.326. The largest absolute Gasteiger partial charge is 0.317 e. The van der Waals surface area contributed by atoms with E-state index in [1.807, 2.05) is 30.3 Å². The van der Waals surface area contributed by atoms with Gasteiger partial charge in [0.05, 0.1) is 6.54 Å². The van der Waals surface area contributed by atoms with Gasteiger partial charge in [0.2, 0.25) is 0 Å². The molecule has 3 nitrogen and oxygen atoms in total. The van der Waals surface area contributed by atoms with Gasteiger partial charge in [-0.05, 0) is 38.0 Å². The van der Waals surface area contributed by atoms with Crippen molar-refractivity contribution in [2.24, 2.45) is 0 Å². The zero-order chi connectivity index (χ0) is 13.5. The van der Waals surface area contributed by atoms with Crippen LogP contribution in [-0.4, -0.2) is 42.9 Å². The SMILES string of the molecule is CCN(CC(=O)Cc1ccccc1)C1CCNCC1. The van der Waals surface area contributed by atoms with Crippen LogP contribution in [0.5, 0.6) is 0 Å². The number of rotatable bonds is 6. The summed E-state index contributed by atoms with van der Waals surface area (Å²) in [5, 5.41) is 3.38. The monoisotopic (exact) mass is 260 g/mol. The van der Waals surface area contributed by atoms with Gasteiger partial charge in [0.1, 0.15) is 0 Å². The lowest BCUT2D eigenvalue weighted by molar-refractivity contribution is -0.120. The van der Waals surface area contributed by atoms with Crippen molar-refractivity contribution in [2.45, 2.75) is 32.2 Å². The second kappa shape index (κ2) is 7.41. The molecule has 0 radical (unpaired) electrons. The Morgan fingerprint density at radius 1 is 1.26 bits per heavy atom. The number of carbonyl (C=O) groups is 1. The van der Waals surface area contributed by atoms with Gasteiger partial charge in [0.15, 0.2) is 5.78 Å². The molecule has 0 aliphatic carbocycles. The van der Waals surface area contributed by atoms with Gasteiger partial charge in [-0.25, -0.2) is 0 Å². The lowest BCUT2D eigenvalue weighted by Crippen LogP contribution is -2.45. The van der Waals surface area contributed by atoms with Gasteiger partial charge in [-0.15, -0.1) is 0 Å². The molecule has 1 aliphatic heterocycles. The fourth-order valence-electron chi connectivity index (χ4n) is 2.78. The van der Waals surface area contributed by atoms with Gasteiger partial charge in [-0.1, -0.05) is 37.3 Å². The Bertz CT molecular complexity index is 385. The van der Waals surface area contributed by atoms with Crippen LogP contribution < -0.4 is 5.32 Å². The lowest BCUT2D eigenvalue weighted by atomic mass is 10.0. The molecule has 1 aliphatic rings. The Balaban J connectivity index is 1.85. The van der Waals surface area contributed by atoms with Gasteiger partial charge in [0.25, 0.3) is 0 Å². The highest BCUT2D eigenvalue weighted by Crippen LogP contribution is 2.12. The Hall–Kier alpha value is -1.19. The smallest absolute Gasteiger partial charge is 0.151 e. The van der Waals surface area contributed by atoms with E-state index in [9.17, 15) is 4.79 Å². The molecule has 104 valence electrons. The Morgan fingerprint density at radius 2 is 1.95 bits per heavy atom. The number of nitrogens with one attached hydrogen (secondary N) is 1. The minimum Gasteiger partial charge on any atom is -0.317 e. The van der Waals surface area contributed by atoms with E-state index < -0.39 is 0 Å². The van der Waals surface area contributed by atoms with Crippen molar-refractivity contribution in [3.63, 3.8) is 0 Å². The number of likely N-dealkylation sites (N-methyl/N-ethyl adjacent to an activating group) is 1. The maximum absolute atomic E-state index is 12.2. The molecule has 2 rings (SSSR count). The average molecular weight is 260 g/mol. The topological polar surface area (TPSA) is 32.3 Å². The molecule has 0 unspecified atom stereocenters. The third-order valence-electron chi connectivity index (χ3n) is 3.85. The number of piperidine rings is 1. The van der Waals surface area contributed by atoms with Gasteiger partial charge in [0, 0.05) is 12.5 Å². The number of ketones is 1. The van der Waals surface area contributed by atoms with Crippen LogP contribution in [0.25, 0.3) is 0 Å². The van der Waals surface area contributed by atoms with Gasteiger partial charge >= 0.3 is 0 Å². The highest BCUT2D eigenvalue weighted by Gasteiger charge is 2.21. The molecule has 1 saturated heterocycles. The van der Waals surface area contributed by atoms with Crippen LogP contribution in [-0.2, 0) is 11.2 Å². The molecule has 19 heavy (non-hydrogen) atoms. The first-order chi connectivity index (χ1) is 9.29. The van der Waals surface area contributed by atoms with Crippen LogP contribution in [0.2, 0.25) is 0 Å². The van der Waals surface area contributed by atoms with Crippen LogP contribution in [0.15, 0.2) is 30.3 Å². The van der Waals surface area contributed by atoms with Gasteiger partial charge < -0.3 is 5.32 Å².